The van der Waals surface area contributed by atoms with E-state index in [-0.39, 0.29) is 90.0 Å². The minimum atomic E-state index is -5.14. The van der Waals surface area contributed by atoms with Gasteiger partial charge in [0, 0.05) is 20.2 Å². The van der Waals surface area contributed by atoms with Gasteiger partial charge in [0.25, 0.3) is 5.56 Å². The molecular formula is C21H23N4Na2O8P. The number of ether oxygens (including phenoxy) is 1. The van der Waals surface area contributed by atoms with E-state index in [0.717, 1.165) is 15.9 Å². The molecule has 36 heavy (non-hydrogen) atoms. The summed E-state index contributed by atoms with van der Waals surface area (Å²) in [5, 5.41) is 9.17. The Kier molecular flexibility index (Phi) is 15.1. The molecule has 15 heteroatoms. The van der Waals surface area contributed by atoms with E-state index in [9.17, 15) is 9.59 Å². The van der Waals surface area contributed by atoms with Crippen LogP contribution in [-0.2, 0) is 24.7 Å². The van der Waals surface area contributed by atoms with E-state index in [1.54, 1.807) is 24.8 Å². The van der Waals surface area contributed by atoms with Gasteiger partial charge in [-0.3, -0.25) is 9.36 Å². The Morgan fingerprint density at radius 3 is 2.42 bits per heavy atom. The van der Waals surface area contributed by atoms with E-state index in [2.05, 4.69) is 10.9 Å². The fourth-order valence-corrected chi connectivity index (χ4v) is 3.11. The molecule has 0 aliphatic carbocycles. The van der Waals surface area contributed by atoms with Crippen molar-refractivity contribution < 1.29 is 88.2 Å². The summed E-state index contributed by atoms with van der Waals surface area (Å²) < 4.78 is 17.9. The molecule has 182 valence electrons. The second-order valence-electron chi connectivity index (χ2n) is 6.89. The van der Waals surface area contributed by atoms with Gasteiger partial charge < -0.3 is 33.7 Å². The molecule has 0 aliphatic heterocycles. The minimum absolute atomic E-state index is 0. The number of aryl methyl sites for hydroxylation is 2. The van der Waals surface area contributed by atoms with Crippen molar-refractivity contribution in [1.29, 1.82) is 0 Å². The van der Waals surface area contributed by atoms with Crippen LogP contribution in [0.1, 0.15) is 17.8 Å². The maximum absolute atomic E-state index is 12.9. The molecule has 2 N–H and O–H groups in total. The zero-order valence-corrected chi connectivity index (χ0v) is 25.3. The van der Waals surface area contributed by atoms with Crippen LogP contribution >= 0.6 is 7.82 Å². The fourth-order valence-electron chi connectivity index (χ4n) is 3.11. The van der Waals surface area contributed by atoms with Gasteiger partial charge in [0.1, 0.15) is 11.6 Å². The molecule has 0 unspecified atom stereocenters. The predicted octanol–water partition coefficient (Wildman–Crippen LogP) is -7.09. The molecule has 1 aromatic carbocycles. The smallest absolute Gasteiger partial charge is 0.790 e. The Hall–Kier alpha value is -1.46. The Labute approximate surface area is 251 Å². The van der Waals surface area contributed by atoms with Crippen molar-refractivity contribution in [2.75, 3.05) is 13.7 Å². The van der Waals surface area contributed by atoms with Gasteiger partial charge in [-0.2, -0.15) is 0 Å². The van der Waals surface area contributed by atoms with Crippen molar-refractivity contribution >= 4 is 31.1 Å². The number of nitrogens with zero attached hydrogens (tertiary/aromatic N) is 4. The molecule has 2 aromatic heterocycles. The van der Waals surface area contributed by atoms with Gasteiger partial charge in [0.15, 0.2) is 11.2 Å². The number of aromatic nitrogens is 4. The van der Waals surface area contributed by atoms with Crippen LogP contribution in [0.15, 0.2) is 33.9 Å². The van der Waals surface area contributed by atoms with E-state index in [1.807, 2.05) is 30.3 Å². The molecule has 0 saturated heterocycles. The first-order valence-corrected chi connectivity index (χ1v) is 11.3. The summed E-state index contributed by atoms with van der Waals surface area (Å²) in [5.41, 5.74) is 0.436. The molecular weight excluding hydrogens is 513 g/mol. The van der Waals surface area contributed by atoms with Crippen molar-refractivity contribution in [2.45, 2.75) is 19.5 Å². The molecule has 3 aromatic rings. The van der Waals surface area contributed by atoms with E-state index in [0.29, 0.717) is 12.2 Å². The van der Waals surface area contributed by atoms with Crippen molar-refractivity contribution in [3.8, 4) is 18.1 Å². The fraction of sp³-hybridized carbons (Fsp3) is 0.286. The summed E-state index contributed by atoms with van der Waals surface area (Å²) in [5.74, 6) is 3.58. The van der Waals surface area contributed by atoms with Gasteiger partial charge in [-0.05, 0) is 30.2 Å². The first kappa shape index (κ1) is 34.5. The van der Waals surface area contributed by atoms with Gasteiger partial charge >= 0.3 is 64.8 Å². The molecule has 0 spiro atoms. The molecule has 0 aliphatic rings. The van der Waals surface area contributed by atoms with Gasteiger partial charge in [0.2, 0.25) is 0 Å². The third kappa shape index (κ3) is 9.45. The van der Waals surface area contributed by atoms with Gasteiger partial charge in [-0.1, -0.05) is 24.1 Å². The third-order valence-electron chi connectivity index (χ3n) is 4.58. The van der Waals surface area contributed by atoms with E-state index < -0.39 is 19.1 Å². The Morgan fingerprint density at radius 2 is 1.86 bits per heavy atom. The molecule has 0 radical (unpaired) electrons. The van der Waals surface area contributed by atoms with Crippen molar-refractivity contribution in [3.05, 3.63) is 56.5 Å². The number of phosphoric acid groups is 1. The summed E-state index contributed by atoms with van der Waals surface area (Å²) in [6.07, 6.45) is 9.30. The number of aliphatic hydroxyl groups excluding tert-OH is 1. The summed E-state index contributed by atoms with van der Waals surface area (Å²) in [4.78, 5) is 54.4. The third-order valence-corrected chi connectivity index (χ3v) is 4.58. The van der Waals surface area contributed by atoms with Crippen molar-refractivity contribution in [3.63, 3.8) is 0 Å². The van der Waals surface area contributed by atoms with E-state index in [1.165, 1.54) is 4.57 Å². The first-order valence-electron chi connectivity index (χ1n) is 9.83. The van der Waals surface area contributed by atoms with Gasteiger partial charge in [-0.15, -0.1) is 6.42 Å². The number of benzene rings is 1. The monoisotopic (exact) mass is 536 g/mol. The second kappa shape index (κ2) is 15.7. The Bertz CT molecular complexity index is 1390. The van der Waals surface area contributed by atoms with Crippen LogP contribution in [0.5, 0.6) is 5.75 Å². The van der Waals surface area contributed by atoms with Crippen LogP contribution in [0.25, 0.3) is 23.3 Å². The number of fused-ring (bicyclic) bond motifs is 1. The molecule has 0 saturated carbocycles. The van der Waals surface area contributed by atoms with Crippen molar-refractivity contribution in [1.82, 2.24) is 18.7 Å². The first-order chi connectivity index (χ1) is 16.0. The predicted molar refractivity (Wildman–Crippen MR) is 122 cm³/mol. The topological polar surface area (TPSA) is 175 Å². The van der Waals surface area contributed by atoms with Crippen LogP contribution in [0.3, 0.4) is 0 Å². The normalized spacial score (nSPS) is 10.7. The summed E-state index contributed by atoms with van der Waals surface area (Å²) in [7, 11) is -1.83. The SMILES string of the molecule is C#CCn1c(=O)c2c(nc(C=Cc3cccc(OC)c3)n2C)n(CCCO)c1=O.O=P([O-])([O-])O.[Na+].[Na+]. The zero-order valence-electron chi connectivity index (χ0n) is 20.4. The molecule has 0 atom stereocenters. The summed E-state index contributed by atoms with van der Waals surface area (Å²) in [6, 6.07) is 7.51. The Morgan fingerprint density at radius 1 is 1.22 bits per heavy atom. The number of aliphatic hydroxyl groups is 1. The maximum atomic E-state index is 12.9. The number of hydrogen-bond acceptors (Lipinski definition) is 8. The summed E-state index contributed by atoms with van der Waals surface area (Å²) in [6.45, 7) is 0.0112. The van der Waals surface area contributed by atoms with Crippen LogP contribution in [0.2, 0.25) is 0 Å². The summed E-state index contributed by atoms with van der Waals surface area (Å²) >= 11 is 0. The molecule has 12 nitrogen and oxygen atoms in total. The molecule has 0 bridgehead atoms. The average Bonchev–Trinajstić information content (AvgIpc) is 3.10. The van der Waals surface area contributed by atoms with Crippen LogP contribution in [0.4, 0.5) is 0 Å². The van der Waals surface area contributed by atoms with Crippen LogP contribution < -0.4 is 84.9 Å². The number of methoxy groups -OCH3 is 1. The van der Waals surface area contributed by atoms with Gasteiger partial charge in [-0.25, -0.2) is 14.3 Å². The standard InChI is InChI=1S/C21H22N4O4.2Na.H3O4P/c1-4-11-25-20(27)18-19(24(21(25)28)12-6-13-26)22-17(23(18)2)10-9-15-7-5-8-16(14-15)29-3;;;1-5(2,3)4/h1,5,7-10,14,26H,6,11-13H2,2-3H3;;;(H3,1,2,3,4)/q;2*+1;/p-2. The van der Waals surface area contributed by atoms with E-state index in [4.69, 9.17) is 35.5 Å². The average molecular weight is 536 g/mol. The number of imidazole rings is 1. The number of hydrogen-bond donors (Lipinski definition) is 2. The van der Waals surface area contributed by atoms with Crippen molar-refractivity contribution in [2.24, 2.45) is 7.05 Å². The molecule has 3 rings (SSSR count). The largest absolute Gasteiger partial charge is 1.00 e. The maximum Gasteiger partial charge on any atom is 1.00 e. The molecule has 2 heterocycles. The Balaban J connectivity index is 0.00000160. The quantitative estimate of drug-likeness (QED) is 0.169. The number of rotatable bonds is 7. The van der Waals surface area contributed by atoms with E-state index >= 15 is 0 Å². The molecule has 0 fully saturated rings. The number of terminal acetylenes is 1. The van der Waals surface area contributed by atoms with Crippen LogP contribution in [-0.4, -0.2) is 42.4 Å². The second-order valence-corrected chi connectivity index (χ2v) is 7.82. The van der Waals surface area contributed by atoms with Crippen LogP contribution in [0, 0.1) is 12.3 Å². The van der Waals surface area contributed by atoms with Gasteiger partial charge in [0.05, 0.1) is 21.5 Å². The minimum Gasteiger partial charge on any atom is -0.790 e. The zero-order chi connectivity index (χ0) is 25.5. The molecule has 0 amide bonds.